The van der Waals surface area contributed by atoms with E-state index < -0.39 is 30.0 Å². The highest BCUT2D eigenvalue weighted by molar-refractivity contribution is 5.95. The molecule has 6 N–H and O–H groups in total. The molecule has 0 saturated carbocycles. The largest absolute Gasteiger partial charge is 0.461 e. The van der Waals surface area contributed by atoms with Gasteiger partial charge in [-0.1, -0.05) is 179 Å². The quantitative estimate of drug-likeness (QED) is 0.0358. The lowest BCUT2D eigenvalue weighted by Gasteiger charge is -2.29. The van der Waals surface area contributed by atoms with Gasteiger partial charge in [0.05, 0.1) is 6.04 Å². The summed E-state index contributed by atoms with van der Waals surface area (Å²) in [6, 6.07) is 7.20. The first-order valence-corrected chi connectivity index (χ1v) is 32.6. The van der Waals surface area contributed by atoms with E-state index in [0.717, 1.165) is 69.8 Å². The lowest BCUT2D eigenvalue weighted by atomic mass is 9.90. The van der Waals surface area contributed by atoms with E-state index in [9.17, 15) is 33.6 Å². The fourth-order valence-corrected chi connectivity index (χ4v) is 11.5. The number of ether oxygens (including phenoxy) is 1. The highest BCUT2D eigenvalue weighted by atomic mass is 35.5. The van der Waals surface area contributed by atoms with Gasteiger partial charge in [-0.25, -0.2) is 0 Å². The predicted molar refractivity (Wildman–Crippen MR) is 337 cm³/mol. The molecule has 1 aromatic carbocycles. The molecule has 2 fully saturated rings. The van der Waals surface area contributed by atoms with Crippen molar-refractivity contribution in [2.45, 2.75) is 283 Å². The van der Waals surface area contributed by atoms with Gasteiger partial charge in [-0.2, -0.15) is 0 Å². The number of Topliss-reactive ketones (excluding diaryl/α,β-unsaturated/α-hetero) is 1. The van der Waals surface area contributed by atoms with Crippen LogP contribution in [-0.4, -0.2) is 120 Å². The smallest absolute Gasteiger partial charge is 0.306 e. The number of hydrogen-bond acceptors (Lipinski definition) is 10. The Bertz CT molecular complexity index is 1870. The number of ketones is 1. The number of nitrogens with one attached hydrogen (secondary N) is 2. The van der Waals surface area contributed by atoms with Gasteiger partial charge in [-0.15, -0.1) is 24.8 Å². The minimum absolute atomic E-state index is 0. The number of halogens is 2. The molecule has 2 saturated heterocycles. The maximum absolute atomic E-state index is 14.8. The Balaban J connectivity index is 0.0000168. The first-order chi connectivity index (χ1) is 39.0. The van der Waals surface area contributed by atoms with Crippen molar-refractivity contribution in [3.63, 3.8) is 0 Å². The summed E-state index contributed by atoms with van der Waals surface area (Å²) in [6.45, 7) is 7.77. The van der Waals surface area contributed by atoms with Gasteiger partial charge in [-0.05, 0) is 102 Å². The van der Waals surface area contributed by atoms with Crippen molar-refractivity contribution in [2.24, 2.45) is 17.4 Å². The molecule has 4 unspecified atom stereocenters. The monoisotopic (exact) mass is 1190 g/mol. The van der Waals surface area contributed by atoms with E-state index in [4.69, 9.17) is 16.2 Å². The van der Waals surface area contributed by atoms with Gasteiger partial charge in [-0.3, -0.25) is 33.6 Å². The van der Waals surface area contributed by atoms with E-state index >= 15 is 0 Å². The van der Waals surface area contributed by atoms with Crippen LogP contribution >= 0.6 is 24.8 Å². The predicted octanol–water partition coefficient (Wildman–Crippen LogP) is 12.4. The summed E-state index contributed by atoms with van der Waals surface area (Å²) in [5.74, 6) is -2.44. The third-order valence-electron chi connectivity index (χ3n) is 16.5. The number of likely N-dealkylation sites (tertiary alicyclic amines) is 2. The topological polar surface area (TPSA) is 215 Å². The molecule has 2 aliphatic heterocycles. The van der Waals surface area contributed by atoms with Gasteiger partial charge < -0.3 is 41.5 Å². The number of amides is 5. The number of nitrogens with two attached hydrogens (primary N) is 2. The minimum atomic E-state index is -0.969. The number of carbonyl (C=O) groups is 7. The van der Waals surface area contributed by atoms with Crippen LogP contribution in [0.15, 0.2) is 30.3 Å². The summed E-state index contributed by atoms with van der Waals surface area (Å²) in [5.41, 5.74) is 12.5. The first-order valence-electron chi connectivity index (χ1n) is 32.6. The Labute approximate surface area is 509 Å². The van der Waals surface area contributed by atoms with Gasteiger partial charge in [0.15, 0.2) is 5.78 Å². The molecule has 472 valence electrons. The van der Waals surface area contributed by atoms with E-state index in [1.807, 2.05) is 30.3 Å². The number of benzene rings is 1. The molecule has 3 rings (SSSR count). The third-order valence-corrected chi connectivity index (χ3v) is 16.5. The maximum atomic E-state index is 14.8. The number of esters is 1. The van der Waals surface area contributed by atoms with Crippen molar-refractivity contribution in [3.05, 3.63) is 35.9 Å². The SMILES string of the molecule is CCCCCCCCCCCCCC(=O)N1CCCC1C(=O)NCCCCC(NC(=O)C1CCCN1C(=O)CCCCCCCCCCCCC)C(=O)CC(CCC(=O)OCc1ccccc1)C(=O)N(CCCN)CCCCCN.Cl.Cl. The minimum Gasteiger partial charge on any atom is -0.461 e. The lowest BCUT2D eigenvalue weighted by Crippen LogP contribution is -2.51. The second-order valence-corrected chi connectivity index (χ2v) is 23.3. The van der Waals surface area contributed by atoms with Crippen LogP contribution in [0.4, 0.5) is 0 Å². The Hall–Kier alpha value is -3.79. The summed E-state index contributed by atoms with van der Waals surface area (Å²) in [4.78, 5) is 103. The summed E-state index contributed by atoms with van der Waals surface area (Å²) in [5, 5.41) is 6.12. The van der Waals surface area contributed by atoms with Gasteiger partial charge in [0.1, 0.15) is 18.7 Å². The molecule has 15 nitrogen and oxygen atoms in total. The number of hydrogen-bond donors (Lipinski definition) is 4. The molecular formula is C65H115Cl2N7O8. The van der Waals surface area contributed by atoms with Crippen LogP contribution in [0.2, 0.25) is 0 Å². The fraction of sp³-hybridized carbons (Fsp3) is 0.800. The van der Waals surface area contributed by atoms with Crippen molar-refractivity contribution < 1.29 is 38.3 Å². The zero-order valence-corrected chi connectivity index (χ0v) is 52.9. The zero-order chi connectivity index (χ0) is 57.8. The molecule has 4 atom stereocenters. The molecule has 1 aromatic rings. The number of unbranched alkanes of at least 4 members (excludes halogenated alkanes) is 23. The standard InChI is InChI=1S/C65H113N7O8.2ClH/c1-3-5-7-9-11-13-15-17-19-21-27-41-60(74)71-50-33-39-57(71)63(77)68-47-31-29-38-56(69-64(78)58-40-34-51-72(58)61(75)42-28-22-20-18-16-14-12-10-8-6-4-2)59(73)52-55(43-44-62(76)80-53-54-36-25-23-26-37-54)65(79)70(49-35-46-67)48-32-24-30-45-66;;/h23,25-26,36-37,55-58H,3-22,24,27-35,38-53,66-67H2,1-2H3,(H,68,77)(H,69,78);2*1H. The van der Waals surface area contributed by atoms with Crippen molar-refractivity contribution in [2.75, 3.05) is 45.8 Å². The van der Waals surface area contributed by atoms with E-state index in [1.165, 1.54) is 103 Å². The Morgan fingerprint density at radius 1 is 0.561 bits per heavy atom. The van der Waals surface area contributed by atoms with E-state index in [0.29, 0.717) is 97.2 Å². The number of rotatable bonds is 49. The van der Waals surface area contributed by atoms with E-state index in [1.54, 1.807) is 14.7 Å². The molecule has 5 amide bonds. The summed E-state index contributed by atoms with van der Waals surface area (Å²) < 4.78 is 5.60. The summed E-state index contributed by atoms with van der Waals surface area (Å²) in [7, 11) is 0. The van der Waals surface area contributed by atoms with Crippen LogP contribution in [0, 0.1) is 5.92 Å². The Morgan fingerprint density at radius 3 is 1.55 bits per heavy atom. The van der Waals surface area contributed by atoms with Crippen molar-refractivity contribution in [1.82, 2.24) is 25.3 Å². The summed E-state index contributed by atoms with van der Waals surface area (Å²) in [6.07, 6.45) is 33.7. The average Bonchev–Trinajstić information content (AvgIpc) is 4.19. The van der Waals surface area contributed by atoms with Gasteiger partial charge in [0.25, 0.3) is 0 Å². The molecule has 2 aliphatic rings. The molecule has 0 spiro atoms. The lowest BCUT2D eigenvalue weighted by molar-refractivity contribution is -0.146. The van der Waals surface area contributed by atoms with Crippen LogP contribution < -0.4 is 22.1 Å². The van der Waals surface area contributed by atoms with Crippen molar-refractivity contribution in [3.8, 4) is 0 Å². The second-order valence-electron chi connectivity index (χ2n) is 23.3. The molecule has 0 bridgehead atoms. The molecule has 0 aromatic heterocycles. The second kappa shape index (κ2) is 49.5. The molecular weight excluding hydrogens is 1080 g/mol. The highest BCUT2D eigenvalue weighted by Crippen LogP contribution is 2.25. The average molecular weight is 1190 g/mol. The maximum Gasteiger partial charge on any atom is 0.306 e. The van der Waals surface area contributed by atoms with Crippen LogP contribution in [0.1, 0.15) is 263 Å². The van der Waals surface area contributed by atoms with E-state index in [2.05, 4.69) is 24.5 Å². The molecule has 82 heavy (non-hydrogen) atoms. The van der Waals surface area contributed by atoms with E-state index in [-0.39, 0.29) is 92.4 Å². The van der Waals surface area contributed by atoms with Gasteiger partial charge in [0.2, 0.25) is 29.5 Å². The molecule has 0 aliphatic carbocycles. The van der Waals surface area contributed by atoms with Gasteiger partial charge in [0, 0.05) is 64.3 Å². The Kier molecular flexibility index (Phi) is 46.0. The zero-order valence-electron chi connectivity index (χ0n) is 51.3. The van der Waals surface area contributed by atoms with Crippen molar-refractivity contribution >= 4 is 66.1 Å². The number of nitrogens with zero attached hydrogens (tertiary/aromatic N) is 3. The van der Waals surface area contributed by atoms with Crippen LogP contribution in [0.5, 0.6) is 0 Å². The summed E-state index contributed by atoms with van der Waals surface area (Å²) >= 11 is 0. The molecule has 17 heteroatoms. The van der Waals surface area contributed by atoms with Gasteiger partial charge >= 0.3 is 5.97 Å². The van der Waals surface area contributed by atoms with Crippen LogP contribution in [0.25, 0.3) is 0 Å². The first kappa shape index (κ1) is 76.2. The normalized spacial score (nSPS) is 15.5. The fourth-order valence-electron chi connectivity index (χ4n) is 11.5. The third kappa shape index (κ3) is 33.0. The highest BCUT2D eigenvalue weighted by Gasteiger charge is 2.37. The van der Waals surface area contributed by atoms with Crippen LogP contribution in [0.3, 0.4) is 0 Å². The molecule has 2 heterocycles. The van der Waals surface area contributed by atoms with Crippen molar-refractivity contribution in [1.29, 1.82) is 0 Å². The van der Waals surface area contributed by atoms with Crippen LogP contribution in [-0.2, 0) is 44.9 Å². The number of carbonyl (C=O) groups excluding carboxylic acids is 7. The Morgan fingerprint density at radius 2 is 1.04 bits per heavy atom. The molecule has 0 radical (unpaired) electrons.